The molecule has 0 fully saturated rings. The molecule has 1 aliphatic heterocycles. The highest BCUT2D eigenvalue weighted by atomic mass is 32.2. The number of nitrogens with one attached hydrogen (secondary N) is 2. The molecule has 0 bridgehead atoms. The molecule has 0 saturated carbocycles. The van der Waals surface area contributed by atoms with Gasteiger partial charge in [-0.3, -0.25) is 4.79 Å². The van der Waals surface area contributed by atoms with Crippen molar-refractivity contribution in [3.8, 4) is 11.5 Å². The van der Waals surface area contributed by atoms with Crippen LogP contribution in [0.2, 0.25) is 18.1 Å². The molecule has 9 nitrogen and oxygen atoms in total. The number of cyclic esters (lactones) is 1. The third-order valence-electron chi connectivity index (χ3n) is 6.58. The molecule has 1 aromatic rings. The minimum atomic E-state index is -2.27. The summed E-state index contributed by atoms with van der Waals surface area (Å²) >= 11 is 1.40. The lowest BCUT2D eigenvalue weighted by molar-refractivity contribution is -0.144. The van der Waals surface area contributed by atoms with Crippen molar-refractivity contribution in [2.75, 3.05) is 33.6 Å². The average molecular weight is 527 g/mol. The third-order valence-corrected chi connectivity index (χ3v) is 12.0. The van der Waals surface area contributed by atoms with E-state index < -0.39 is 38.2 Å². The Morgan fingerprint density at radius 3 is 2.43 bits per heavy atom. The van der Waals surface area contributed by atoms with Crippen LogP contribution in [0.4, 0.5) is 0 Å². The Balaban J connectivity index is 2.64. The van der Waals surface area contributed by atoms with E-state index in [-0.39, 0.29) is 17.4 Å². The number of amides is 1. The number of hydrogen-bond donors (Lipinski definition) is 2. The molecule has 2 rings (SSSR count). The molecule has 196 valence electrons. The van der Waals surface area contributed by atoms with E-state index in [4.69, 9.17) is 18.6 Å². The van der Waals surface area contributed by atoms with E-state index in [9.17, 15) is 14.4 Å². The molecule has 2 atom stereocenters. The van der Waals surface area contributed by atoms with Crippen LogP contribution in [0.3, 0.4) is 0 Å². The predicted molar refractivity (Wildman–Crippen MR) is 139 cm³/mol. The second kappa shape index (κ2) is 11.7. The van der Waals surface area contributed by atoms with Crippen LogP contribution in [0.25, 0.3) is 0 Å². The summed E-state index contributed by atoms with van der Waals surface area (Å²) in [7, 11) is 2.14. The number of esters is 2. The van der Waals surface area contributed by atoms with Crippen LogP contribution in [0.1, 0.15) is 42.3 Å². The Morgan fingerprint density at radius 1 is 1.23 bits per heavy atom. The van der Waals surface area contributed by atoms with Crippen LogP contribution in [-0.2, 0) is 24.8 Å². The number of methoxy groups -OCH3 is 2. The summed E-state index contributed by atoms with van der Waals surface area (Å²) in [4.78, 5) is 38.4. The quantitative estimate of drug-likeness (QED) is 0.442. The maximum Gasteiger partial charge on any atom is 0.339 e. The van der Waals surface area contributed by atoms with E-state index in [2.05, 4.69) is 44.5 Å². The van der Waals surface area contributed by atoms with Crippen LogP contribution in [-0.4, -0.2) is 71.9 Å². The first-order valence-corrected chi connectivity index (χ1v) is 15.5. The highest BCUT2D eigenvalue weighted by Gasteiger charge is 2.40. The molecule has 0 aliphatic carbocycles. The van der Waals surface area contributed by atoms with Crippen LogP contribution in [0.5, 0.6) is 11.5 Å². The van der Waals surface area contributed by atoms with Gasteiger partial charge in [0.15, 0.2) is 0 Å². The van der Waals surface area contributed by atoms with Crippen molar-refractivity contribution in [1.29, 1.82) is 0 Å². The van der Waals surface area contributed by atoms with Gasteiger partial charge in [-0.05, 0) is 32.1 Å². The smallest absolute Gasteiger partial charge is 0.339 e. The fourth-order valence-electron chi connectivity index (χ4n) is 3.32. The lowest BCUT2D eigenvalue weighted by Gasteiger charge is -2.37. The number of likely N-dealkylation sites (N-methyl/N-ethyl adjacent to an activating group) is 1. The molecule has 0 unspecified atom stereocenters. The van der Waals surface area contributed by atoms with E-state index >= 15 is 0 Å². The third kappa shape index (κ3) is 6.71. The summed E-state index contributed by atoms with van der Waals surface area (Å²) in [6.07, 6.45) is 0. The molecule has 0 aromatic heterocycles. The normalized spacial score (nSPS) is 19.9. The Kier molecular flexibility index (Phi) is 9.66. The van der Waals surface area contributed by atoms with Crippen molar-refractivity contribution in [3.63, 3.8) is 0 Å². The number of rotatable bonds is 5. The van der Waals surface area contributed by atoms with Crippen molar-refractivity contribution in [2.24, 2.45) is 0 Å². The van der Waals surface area contributed by atoms with Crippen LogP contribution in [0, 0.1) is 6.92 Å². The van der Waals surface area contributed by atoms with E-state index in [0.29, 0.717) is 33.9 Å². The number of ether oxygens (including phenoxy) is 3. The first kappa shape index (κ1) is 29.0. The van der Waals surface area contributed by atoms with E-state index in [1.165, 1.54) is 18.9 Å². The van der Waals surface area contributed by atoms with Gasteiger partial charge in [0, 0.05) is 28.7 Å². The monoisotopic (exact) mass is 526 g/mol. The predicted octanol–water partition coefficient (Wildman–Crippen LogP) is 3.04. The van der Waals surface area contributed by atoms with Crippen molar-refractivity contribution in [2.45, 2.75) is 63.7 Å². The highest BCUT2D eigenvalue weighted by Crippen LogP contribution is 2.42. The molecule has 2 N–H and O–H groups in total. The Hall–Kier alpha value is -2.24. The van der Waals surface area contributed by atoms with Gasteiger partial charge in [0.25, 0.3) is 0 Å². The SMILES string of the molecule is CN[C@H]1COC(=O)c2c(C)c(OC)cc(O[Si](C)(C)C(C)(C)C)c2CSC[C@@H](C(=O)OC)NC1=O. The van der Waals surface area contributed by atoms with Gasteiger partial charge in [-0.2, -0.15) is 11.8 Å². The van der Waals surface area contributed by atoms with E-state index in [0.717, 1.165) is 0 Å². The molecular formula is C24H38N2O7SSi. The topological polar surface area (TPSA) is 112 Å². The summed E-state index contributed by atoms with van der Waals surface area (Å²) in [6.45, 7) is 12.3. The summed E-state index contributed by atoms with van der Waals surface area (Å²) in [5.74, 6) is 0.142. The van der Waals surface area contributed by atoms with Gasteiger partial charge in [-0.15, -0.1) is 0 Å². The average Bonchev–Trinajstić information content (AvgIpc) is 2.77. The Labute approximate surface area is 213 Å². The number of thioether (sulfide) groups is 1. The minimum absolute atomic E-state index is 0.0721. The van der Waals surface area contributed by atoms with Crippen LogP contribution < -0.4 is 19.8 Å². The highest BCUT2D eigenvalue weighted by molar-refractivity contribution is 7.98. The Bertz CT molecular complexity index is 962. The zero-order valence-corrected chi connectivity index (χ0v) is 23.9. The molecule has 0 saturated heterocycles. The van der Waals surface area contributed by atoms with Gasteiger partial charge in [0.05, 0.1) is 19.8 Å². The van der Waals surface area contributed by atoms with Crippen molar-refractivity contribution >= 4 is 37.9 Å². The van der Waals surface area contributed by atoms with Gasteiger partial charge >= 0.3 is 11.9 Å². The maximum absolute atomic E-state index is 13.3. The van der Waals surface area contributed by atoms with Crippen molar-refractivity contribution < 1.29 is 33.0 Å². The fourth-order valence-corrected chi connectivity index (χ4v) is 5.42. The maximum atomic E-state index is 13.3. The number of hydrogen-bond acceptors (Lipinski definition) is 9. The molecule has 1 aromatic carbocycles. The molecule has 35 heavy (non-hydrogen) atoms. The molecule has 1 heterocycles. The van der Waals surface area contributed by atoms with E-state index in [1.54, 1.807) is 21.1 Å². The van der Waals surface area contributed by atoms with Gasteiger partial charge in [0.2, 0.25) is 14.2 Å². The first-order chi connectivity index (χ1) is 16.3. The fraction of sp³-hybridized carbons (Fsp3) is 0.625. The largest absolute Gasteiger partial charge is 0.543 e. The Morgan fingerprint density at radius 2 is 1.89 bits per heavy atom. The van der Waals surface area contributed by atoms with Crippen molar-refractivity contribution in [3.05, 3.63) is 22.8 Å². The zero-order valence-electron chi connectivity index (χ0n) is 22.1. The van der Waals surface area contributed by atoms with Gasteiger partial charge in [0.1, 0.15) is 30.2 Å². The molecule has 0 spiro atoms. The van der Waals surface area contributed by atoms with Crippen LogP contribution in [0.15, 0.2) is 6.07 Å². The second-order valence-corrected chi connectivity index (χ2v) is 15.7. The van der Waals surface area contributed by atoms with Gasteiger partial charge < -0.3 is 29.3 Å². The number of carbonyl (C=O) groups is 3. The van der Waals surface area contributed by atoms with Crippen molar-refractivity contribution in [1.82, 2.24) is 10.6 Å². The summed E-state index contributed by atoms with van der Waals surface area (Å²) in [5.41, 5.74) is 1.67. The van der Waals surface area contributed by atoms with Gasteiger partial charge in [-0.1, -0.05) is 20.8 Å². The van der Waals surface area contributed by atoms with E-state index in [1.807, 2.05) is 6.07 Å². The van der Waals surface area contributed by atoms with Crippen LogP contribution >= 0.6 is 11.8 Å². The molecule has 0 radical (unpaired) electrons. The zero-order chi connectivity index (χ0) is 26.6. The first-order valence-electron chi connectivity index (χ1n) is 11.5. The number of carbonyl (C=O) groups excluding carboxylic acids is 3. The molecule has 11 heteroatoms. The van der Waals surface area contributed by atoms with Gasteiger partial charge in [-0.25, -0.2) is 9.59 Å². The lowest BCUT2D eigenvalue weighted by atomic mass is 10.0. The summed E-state index contributed by atoms with van der Waals surface area (Å²) in [5, 5.41) is 5.46. The summed E-state index contributed by atoms with van der Waals surface area (Å²) in [6, 6.07) is 0.133. The minimum Gasteiger partial charge on any atom is -0.543 e. The molecular weight excluding hydrogens is 488 g/mol. The molecule has 1 amide bonds. The summed E-state index contributed by atoms with van der Waals surface area (Å²) < 4.78 is 22.7. The number of benzene rings is 1. The number of fused-ring (bicyclic) bond motifs is 1. The second-order valence-electron chi connectivity index (χ2n) is 9.96. The lowest BCUT2D eigenvalue weighted by Crippen LogP contribution is -2.52. The standard InChI is InChI=1S/C24H38N2O7SSi/c1-14-18(30-6)10-19(33-35(8,9)24(2,3)4)15-12-34-13-17(22(28)31-7)26-21(27)16(25-5)11-32-23(29)20(14)15/h10,16-17,25H,11-13H2,1-9H3,(H,26,27)/t16-,17-/m0/s1. The molecule has 1 aliphatic rings.